The molecule has 28 heavy (non-hydrogen) atoms. The van der Waals surface area contributed by atoms with Crippen molar-refractivity contribution < 1.29 is 17.9 Å². The van der Waals surface area contributed by atoms with Crippen LogP contribution in [0, 0.1) is 0 Å². The zero-order valence-corrected chi connectivity index (χ0v) is 17.4. The molecule has 1 N–H and O–H groups in total. The summed E-state index contributed by atoms with van der Waals surface area (Å²) in [4.78, 5) is 12.3. The fourth-order valence-corrected chi connectivity index (χ4v) is 3.96. The number of ether oxygens (including phenoxy) is 1. The van der Waals surface area contributed by atoms with Gasteiger partial charge in [-0.25, -0.2) is 8.42 Å². The van der Waals surface area contributed by atoms with Gasteiger partial charge < -0.3 is 10.1 Å². The Morgan fingerprint density at radius 1 is 1.11 bits per heavy atom. The van der Waals surface area contributed by atoms with Crippen molar-refractivity contribution in [3.63, 3.8) is 0 Å². The second-order valence-electron chi connectivity index (χ2n) is 6.58. The van der Waals surface area contributed by atoms with Gasteiger partial charge in [-0.2, -0.15) is 0 Å². The molecule has 0 aliphatic rings. The van der Waals surface area contributed by atoms with Crippen molar-refractivity contribution in [2.24, 2.45) is 0 Å². The summed E-state index contributed by atoms with van der Waals surface area (Å²) < 4.78 is 30.8. The number of carbonyl (C=O) groups excluding carboxylic acids is 1. The summed E-state index contributed by atoms with van der Waals surface area (Å²) in [5, 5.41) is 3.03. The number of anilines is 1. The van der Waals surface area contributed by atoms with E-state index in [-0.39, 0.29) is 24.9 Å². The Hall–Kier alpha value is -2.54. The van der Waals surface area contributed by atoms with E-state index in [4.69, 9.17) is 4.74 Å². The van der Waals surface area contributed by atoms with Crippen LogP contribution in [0.25, 0.3) is 0 Å². The Balaban J connectivity index is 1.95. The van der Waals surface area contributed by atoms with E-state index in [1.807, 2.05) is 37.3 Å². The van der Waals surface area contributed by atoms with Crippen LogP contribution in [0.5, 0.6) is 5.75 Å². The lowest BCUT2D eigenvalue weighted by Crippen LogP contribution is -2.32. The van der Waals surface area contributed by atoms with Crippen molar-refractivity contribution in [2.45, 2.75) is 32.2 Å². The third-order valence-corrected chi connectivity index (χ3v) is 5.67. The molecule has 1 atom stereocenters. The Kier molecular flexibility index (Phi) is 7.87. The van der Waals surface area contributed by atoms with E-state index in [9.17, 15) is 13.2 Å². The van der Waals surface area contributed by atoms with Crippen molar-refractivity contribution in [3.8, 4) is 5.75 Å². The Labute approximate surface area is 167 Å². The summed E-state index contributed by atoms with van der Waals surface area (Å²) in [7, 11) is -1.89. The number of hydrogen-bond donors (Lipinski definition) is 1. The van der Waals surface area contributed by atoms with Gasteiger partial charge >= 0.3 is 0 Å². The quantitative estimate of drug-likeness (QED) is 0.657. The topological polar surface area (TPSA) is 75.7 Å². The lowest BCUT2D eigenvalue weighted by atomic mass is 10.0. The van der Waals surface area contributed by atoms with Crippen LogP contribution in [0.2, 0.25) is 0 Å². The zero-order chi connectivity index (χ0) is 20.6. The molecule has 2 aromatic rings. The van der Waals surface area contributed by atoms with Gasteiger partial charge in [0.1, 0.15) is 5.75 Å². The fourth-order valence-electron chi connectivity index (χ4n) is 2.99. The maximum absolute atomic E-state index is 12.3. The number of nitrogens with one attached hydrogen (secondary N) is 1. The van der Waals surface area contributed by atoms with Gasteiger partial charge in [-0.1, -0.05) is 37.3 Å². The number of amides is 1. The van der Waals surface area contributed by atoms with E-state index >= 15 is 0 Å². The summed E-state index contributed by atoms with van der Waals surface area (Å²) in [5.41, 5.74) is 1.62. The van der Waals surface area contributed by atoms with E-state index in [0.717, 1.165) is 12.0 Å². The molecule has 0 fully saturated rings. The summed E-state index contributed by atoms with van der Waals surface area (Å²) in [5.74, 6) is 0.571. The monoisotopic (exact) mass is 404 g/mol. The van der Waals surface area contributed by atoms with Crippen molar-refractivity contribution in [1.29, 1.82) is 0 Å². The van der Waals surface area contributed by atoms with Gasteiger partial charge in [-0.3, -0.25) is 9.10 Å². The van der Waals surface area contributed by atoms with Crippen molar-refractivity contribution >= 4 is 21.6 Å². The minimum Gasteiger partial charge on any atom is -0.497 e. The number of nitrogens with zero attached hydrogens (tertiary/aromatic N) is 1. The largest absolute Gasteiger partial charge is 0.497 e. The maximum atomic E-state index is 12.3. The van der Waals surface area contributed by atoms with E-state index in [2.05, 4.69) is 5.32 Å². The predicted molar refractivity (Wildman–Crippen MR) is 112 cm³/mol. The van der Waals surface area contributed by atoms with Gasteiger partial charge in [0.15, 0.2) is 0 Å². The molecule has 1 unspecified atom stereocenters. The van der Waals surface area contributed by atoms with Gasteiger partial charge in [0.25, 0.3) is 0 Å². The minimum atomic E-state index is -3.45. The Morgan fingerprint density at radius 2 is 1.75 bits per heavy atom. The lowest BCUT2D eigenvalue weighted by Gasteiger charge is -2.23. The number of hydrogen-bond acceptors (Lipinski definition) is 4. The molecule has 7 heteroatoms. The molecule has 6 nitrogen and oxygen atoms in total. The zero-order valence-electron chi connectivity index (χ0n) is 16.6. The smallest absolute Gasteiger partial charge is 0.232 e. The molecule has 0 heterocycles. The van der Waals surface area contributed by atoms with Crippen LogP contribution in [-0.2, 0) is 14.8 Å². The van der Waals surface area contributed by atoms with Crippen LogP contribution in [0.1, 0.15) is 37.8 Å². The summed E-state index contributed by atoms with van der Waals surface area (Å²) >= 11 is 0. The summed E-state index contributed by atoms with van der Waals surface area (Å²) in [6.07, 6.45) is 2.64. The molecule has 0 radical (unpaired) electrons. The third-order valence-electron chi connectivity index (χ3n) is 4.47. The van der Waals surface area contributed by atoms with Gasteiger partial charge in [-0.15, -0.1) is 0 Å². The number of rotatable bonds is 10. The first kappa shape index (κ1) is 21.8. The molecule has 0 saturated heterocycles. The molecule has 0 aliphatic carbocycles. The molecule has 0 aromatic heterocycles. The minimum absolute atomic E-state index is 0.0405. The molecule has 1 amide bonds. The molecule has 2 aromatic carbocycles. The SMILES string of the molecule is CCC(NC(=O)CCCN(c1ccc(OC)cc1)S(C)(=O)=O)c1ccccc1. The number of methoxy groups -OCH3 is 1. The van der Waals surface area contributed by atoms with Crippen LogP contribution < -0.4 is 14.4 Å². The van der Waals surface area contributed by atoms with Crippen molar-refractivity contribution in [1.82, 2.24) is 5.32 Å². The molecular weight excluding hydrogens is 376 g/mol. The average molecular weight is 405 g/mol. The average Bonchev–Trinajstić information content (AvgIpc) is 2.69. The highest BCUT2D eigenvalue weighted by atomic mass is 32.2. The van der Waals surface area contributed by atoms with E-state index < -0.39 is 10.0 Å². The van der Waals surface area contributed by atoms with E-state index in [1.165, 1.54) is 10.6 Å². The van der Waals surface area contributed by atoms with Crippen LogP contribution in [0.4, 0.5) is 5.69 Å². The standard InChI is InChI=1S/C21H28N2O4S/c1-4-20(17-9-6-5-7-10-17)22-21(24)11-8-16-23(28(3,25)26)18-12-14-19(27-2)15-13-18/h5-7,9-10,12-15,20H,4,8,11,16H2,1-3H3,(H,22,24). The molecule has 152 valence electrons. The van der Waals surface area contributed by atoms with Gasteiger partial charge in [0.05, 0.1) is 25.1 Å². The predicted octanol–water partition coefficient (Wildman–Crippen LogP) is 3.51. The second kappa shape index (κ2) is 10.1. The van der Waals surface area contributed by atoms with Crippen LogP contribution in [-0.4, -0.2) is 34.2 Å². The lowest BCUT2D eigenvalue weighted by molar-refractivity contribution is -0.121. The number of carbonyl (C=O) groups is 1. The second-order valence-corrected chi connectivity index (χ2v) is 8.48. The summed E-state index contributed by atoms with van der Waals surface area (Å²) in [6, 6.07) is 16.6. The van der Waals surface area contributed by atoms with Gasteiger partial charge in [-0.05, 0) is 42.7 Å². The van der Waals surface area contributed by atoms with Crippen molar-refractivity contribution in [3.05, 3.63) is 60.2 Å². The first-order chi connectivity index (χ1) is 13.3. The van der Waals surface area contributed by atoms with Crippen LogP contribution in [0.15, 0.2) is 54.6 Å². The van der Waals surface area contributed by atoms with Crippen LogP contribution in [0.3, 0.4) is 0 Å². The van der Waals surface area contributed by atoms with Gasteiger partial charge in [0.2, 0.25) is 15.9 Å². The normalized spacial score (nSPS) is 12.2. The molecule has 0 saturated carbocycles. The number of benzene rings is 2. The van der Waals surface area contributed by atoms with E-state index in [0.29, 0.717) is 17.9 Å². The molecule has 0 aliphatic heterocycles. The third kappa shape index (κ3) is 6.27. The highest BCUT2D eigenvalue weighted by Gasteiger charge is 2.18. The Morgan fingerprint density at radius 3 is 2.29 bits per heavy atom. The highest BCUT2D eigenvalue weighted by Crippen LogP contribution is 2.22. The van der Waals surface area contributed by atoms with E-state index in [1.54, 1.807) is 31.4 Å². The van der Waals surface area contributed by atoms with Crippen molar-refractivity contribution in [2.75, 3.05) is 24.2 Å². The molecule has 0 spiro atoms. The van der Waals surface area contributed by atoms with Gasteiger partial charge in [0, 0.05) is 13.0 Å². The Bertz CT molecular complexity index is 852. The maximum Gasteiger partial charge on any atom is 0.232 e. The highest BCUT2D eigenvalue weighted by molar-refractivity contribution is 7.92. The van der Waals surface area contributed by atoms with Crippen LogP contribution >= 0.6 is 0 Å². The summed E-state index contributed by atoms with van der Waals surface area (Å²) in [6.45, 7) is 2.26. The number of sulfonamides is 1. The molecule has 0 bridgehead atoms. The first-order valence-electron chi connectivity index (χ1n) is 9.31. The first-order valence-corrected chi connectivity index (χ1v) is 11.2. The fraction of sp³-hybridized carbons (Fsp3) is 0.381. The molecular formula is C21H28N2O4S. The molecule has 2 rings (SSSR count).